The summed E-state index contributed by atoms with van der Waals surface area (Å²) in [5.41, 5.74) is 2.35. The fourth-order valence-corrected chi connectivity index (χ4v) is 5.52. The van der Waals surface area contributed by atoms with E-state index in [1.54, 1.807) is 18.5 Å². The van der Waals surface area contributed by atoms with E-state index >= 15 is 0 Å². The molecule has 2 N–H and O–H groups in total. The zero-order chi connectivity index (χ0) is 22.0. The van der Waals surface area contributed by atoms with Gasteiger partial charge < -0.3 is 10.3 Å². The van der Waals surface area contributed by atoms with Crippen LogP contribution in [0, 0.1) is 5.92 Å². The van der Waals surface area contributed by atoms with Gasteiger partial charge in [0.1, 0.15) is 0 Å². The molecule has 0 aliphatic carbocycles. The van der Waals surface area contributed by atoms with E-state index in [0.717, 1.165) is 29.3 Å². The maximum absolute atomic E-state index is 12.9. The molecule has 4 rings (SSSR count). The van der Waals surface area contributed by atoms with Crippen LogP contribution >= 0.6 is 11.6 Å². The van der Waals surface area contributed by atoms with Crippen LogP contribution in [0.1, 0.15) is 34.7 Å². The first-order valence-corrected chi connectivity index (χ1v) is 12.5. The molecule has 3 heterocycles. The quantitative estimate of drug-likeness (QED) is 0.589. The summed E-state index contributed by atoms with van der Waals surface area (Å²) in [6, 6.07) is 9.30. The van der Waals surface area contributed by atoms with Crippen LogP contribution in [0.2, 0.25) is 5.02 Å². The monoisotopic (exact) mass is 460 g/mol. The third-order valence-corrected chi connectivity index (χ3v) is 7.76. The molecule has 1 aliphatic heterocycles. The van der Waals surface area contributed by atoms with Gasteiger partial charge in [-0.05, 0) is 48.6 Å². The number of aromatic nitrogens is 2. The van der Waals surface area contributed by atoms with Crippen molar-refractivity contribution in [2.75, 3.05) is 25.9 Å². The number of hydrogen-bond acceptors (Lipinski definition) is 4. The summed E-state index contributed by atoms with van der Waals surface area (Å²) in [5.74, 6) is 0.0508. The summed E-state index contributed by atoms with van der Waals surface area (Å²) in [6.45, 7) is 1.41. The number of rotatable bonds is 6. The number of carbonyl (C=O) groups excluding carboxylic acids is 1. The Labute approximate surface area is 186 Å². The van der Waals surface area contributed by atoms with Crippen molar-refractivity contribution in [2.24, 2.45) is 5.92 Å². The lowest BCUT2D eigenvalue weighted by atomic mass is 9.81. The number of sulfonamides is 1. The summed E-state index contributed by atoms with van der Waals surface area (Å²) >= 11 is 6.46. The van der Waals surface area contributed by atoms with E-state index in [2.05, 4.69) is 15.3 Å². The molecular weight excluding hydrogens is 436 g/mol. The number of hydrogen-bond donors (Lipinski definition) is 2. The molecule has 1 amide bonds. The van der Waals surface area contributed by atoms with E-state index in [1.165, 1.54) is 10.6 Å². The molecule has 0 radical (unpaired) electrons. The summed E-state index contributed by atoms with van der Waals surface area (Å²) in [5, 5.41) is 4.28. The molecular formula is C22H25ClN4O3S. The second-order valence-corrected chi connectivity index (χ2v) is 10.3. The Bertz CT molecular complexity index is 1170. The number of aromatic amines is 1. The number of fused-ring (bicyclic) bond motifs is 1. The summed E-state index contributed by atoms with van der Waals surface area (Å²) < 4.78 is 25.2. The molecule has 3 aromatic rings. The lowest BCUT2D eigenvalue weighted by molar-refractivity contribution is 0.0946. The summed E-state index contributed by atoms with van der Waals surface area (Å²) in [7, 11) is -3.19. The first-order valence-electron chi connectivity index (χ1n) is 10.2. The van der Waals surface area contributed by atoms with Gasteiger partial charge in [-0.25, -0.2) is 12.7 Å². The lowest BCUT2D eigenvalue weighted by Gasteiger charge is -2.35. The van der Waals surface area contributed by atoms with Gasteiger partial charge >= 0.3 is 0 Å². The topological polar surface area (TPSA) is 95.2 Å². The van der Waals surface area contributed by atoms with Crippen molar-refractivity contribution in [3.63, 3.8) is 0 Å². The lowest BCUT2D eigenvalue weighted by Crippen LogP contribution is -2.41. The maximum atomic E-state index is 12.9. The van der Waals surface area contributed by atoms with Crippen LogP contribution in [-0.4, -0.2) is 54.5 Å². The molecule has 1 saturated heterocycles. The number of amides is 1. The minimum absolute atomic E-state index is 0.0362. The van der Waals surface area contributed by atoms with Crippen LogP contribution in [0.3, 0.4) is 0 Å². The highest BCUT2D eigenvalue weighted by atomic mass is 35.5. The minimum Gasteiger partial charge on any atom is -0.361 e. The number of nitrogens with one attached hydrogen (secondary N) is 2. The average Bonchev–Trinajstić information content (AvgIpc) is 3.24. The first kappa shape index (κ1) is 21.8. The molecule has 0 bridgehead atoms. The van der Waals surface area contributed by atoms with E-state index in [1.807, 2.05) is 30.5 Å². The van der Waals surface area contributed by atoms with Gasteiger partial charge in [0.05, 0.1) is 16.8 Å². The number of halogens is 1. The highest BCUT2D eigenvalue weighted by Crippen LogP contribution is 2.33. The maximum Gasteiger partial charge on any atom is 0.252 e. The van der Waals surface area contributed by atoms with Gasteiger partial charge in [0.2, 0.25) is 10.0 Å². The van der Waals surface area contributed by atoms with Crippen molar-refractivity contribution < 1.29 is 13.2 Å². The average molecular weight is 461 g/mol. The smallest absolute Gasteiger partial charge is 0.252 e. The van der Waals surface area contributed by atoms with E-state index < -0.39 is 10.0 Å². The Morgan fingerprint density at radius 3 is 2.74 bits per heavy atom. The fourth-order valence-electron chi connectivity index (χ4n) is 4.33. The van der Waals surface area contributed by atoms with Crippen molar-refractivity contribution in [3.8, 4) is 0 Å². The first-order chi connectivity index (χ1) is 14.8. The largest absolute Gasteiger partial charge is 0.361 e. The number of carbonyl (C=O) groups is 1. The Morgan fingerprint density at radius 2 is 2.06 bits per heavy atom. The Hall–Kier alpha value is -2.42. The molecule has 9 heteroatoms. The van der Waals surface area contributed by atoms with Crippen molar-refractivity contribution in [1.82, 2.24) is 19.6 Å². The second kappa shape index (κ2) is 8.98. The van der Waals surface area contributed by atoms with Crippen LogP contribution in [0.5, 0.6) is 0 Å². The molecule has 1 aromatic carbocycles. The fraction of sp³-hybridized carbons (Fsp3) is 0.364. The van der Waals surface area contributed by atoms with E-state index in [-0.39, 0.29) is 17.7 Å². The van der Waals surface area contributed by atoms with Crippen molar-refractivity contribution in [3.05, 3.63) is 65.1 Å². The van der Waals surface area contributed by atoms with Gasteiger partial charge in [0.15, 0.2) is 0 Å². The number of piperidine rings is 1. The number of benzene rings is 1. The van der Waals surface area contributed by atoms with Crippen LogP contribution < -0.4 is 5.32 Å². The second-order valence-electron chi connectivity index (χ2n) is 7.97. The zero-order valence-corrected chi connectivity index (χ0v) is 18.8. The predicted octanol–water partition coefficient (Wildman–Crippen LogP) is 3.40. The molecule has 7 nitrogen and oxygen atoms in total. The number of nitrogens with zero attached hydrogens (tertiary/aromatic N) is 2. The number of pyridine rings is 1. The van der Waals surface area contributed by atoms with E-state index in [4.69, 9.17) is 11.6 Å². The van der Waals surface area contributed by atoms with Crippen LogP contribution in [-0.2, 0) is 10.0 Å². The van der Waals surface area contributed by atoms with Crippen LogP contribution in [0.4, 0.5) is 0 Å². The Kier molecular flexibility index (Phi) is 6.31. The standard InChI is InChI=1S/C22H25ClN4O3S/c1-31(29,30)27-11-7-15(8-12-27)19(16-3-2-9-24-13-16)14-26-22(28)18-4-5-20-17(21(18)23)6-10-25-20/h2-6,9-10,13,15,19,25H,7-8,11-12,14H2,1H3,(H,26,28). The van der Waals surface area contributed by atoms with Gasteiger partial charge in [-0.3, -0.25) is 9.78 Å². The SMILES string of the molecule is CS(=O)(=O)N1CCC(C(CNC(=O)c2ccc3[nH]ccc3c2Cl)c2cccnc2)CC1. The summed E-state index contributed by atoms with van der Waals surface area (Å²) in [6.07, 6.45) is 8.05. The normalized spacial score (nSPS) is 17.0. The van der Waals surface area contributed by atoms with E-state index in [0.29, 0.717) is 30.2 Å². The third kappa shape index (κ3) is 4.76. The predicted molar refractivity (Wildman–Crippen MR) is 122 cm³/mol. The molecule has 2 aromatic heterocycles. The zero-order valence-electron chi connectivity index (χ0n) is 17.2. The highest BCUT2D eigenvalue weighted by Gasteiger charge is 2.31. The van der Waals surface area contributed by atoms with E-state index in [9.17, 15) is 13.2 Å². The molecule has 1 unspecified atom stereocenters. The summed E-state index contributed by atoms with van der Waals surface area (Å²) in [4.78, 5) is 20.2. The minimum atomic E-state index is -3.19. The van der Waals surface area contributed by atoms with Gasteiger partial charge in [-0.15, -0.1) is 0 Å². The molecule has 0 saturated carbocycles. The van der Waals surface area contributed by atoms with Gasteiger partial charge in [0.25, 0.3) is 5.91 Å². The van der Waals surface area contributed by atoms with Gasteiger partial charge in [0, 0.05) is 55.0 Å². The molecule has 1 aliphatic rings. The van der Waals surface area contributed by atoms with Crippen LogP contribution in [0.25, 0.3) is 10.9 Å². The van der Waals surface area contributed by atoms with Crippen molar-refractivity contribution in [1.29, 1.82) is 0 Å². The Balaban J connectivity index is 1.50. The van der Waals surface area contributed by atoms with Gasteiger partial charge in [-0.1, -0.05) is 17.7 Å². The van der Waals surface area contributed by atoms with Crippen molar-refractivity contribution >= 4 is 38.4 Å². The molecule has 164 valence electrons. The molecule has 1 atom stereocenters. The number of H-pyrrole nitrogens is 1. The molecule has 1 fully saturated rings. The van der Waals surface area contributed by atoms with Crippen LogP contribution in [0.15, 0.2) is 48.9 Å². The molecule has 0 spiro atoms. The van der Waals surface area contributed by atoms with Crippen molar-refractivity contribution in [2.45, 2.75) is 18.8 Å². The third-order valence-electron chi connectivity index (χ3n) is 6.04. The molecule has 31 heavy (non-hydrogen) atoms. The van der Waals surface area contributed by atoms with Gasteiger partial charge in [-0.2, -0.15) is 0 Å². The Morgan fingerprint density at radius 1 is 1.29 bits per heavy atom. The highest BCUT2D eigenvalue weighted by molar-refractivity contribution is 7.88.